The Kier molecular flexibility index (Phi) is 6.78. The molecule has 0 radical (unpaired) electrons. The molecule has 26 heavy (non-hydrogen) atoms. The van der Waals surface area contributed by atoms with Crippen molar-refractivity contribution in [1.29, 1.82) is 0 Å². The van der Waals surface area contributed by atoms with Gasteiger partial charge in [-0.05, 0) is 24.3 Å². The van der Waals surface area contributed by atoms with Gasteiger partial charge in [0.25, 0.3) is 11.6 Å². The van der Waals surface area contributed by atoms with Gasteiger partial charge in [-0.2, -0.15) is 0 Å². The van der Waals surface area contributed by atoms with Crippen LogP contribution in [0.25, 0.3) is 0 Å². The normalized spacial score (nSPS) is 10.1. The smallest absolute Gasteiger partial charge is 0.269 e. The van der Waals surface area contributed by atoms with Crippen molar-refractivity contribution >= 4 is 11.6 Å². The molecule has 0 aromatic heterocycles. The highest BCUT2D eigenvalue weighted by Gasteiger charge is 2.11. The summed E-state index contributed by atoms with van der Waals surface area (Å²) in [5.74, 6) is 1.40. The first-order valence-electron chi connectivity index (χ1n) is 7.88. The van der Waals surface area contributed by atoms with Crippen LogP contribution in [0.15, 0.2) is 48.5 Å². The van der Waals surface area contributed by atoms with Gasteiger partial charge in [0.1, 0.15) is 12.4 Å². The molecule has 0 atom stereocenters. The first-order valence-corrected chi connectivity index (χ1v) is 7.88. The molecule has 0 aliphatic heterocycles. The molecular formula is C18H20N2O6. The molecule has 8 nitrogen and oxygen atoms in total. The maximum Gasteiger partial charge on any atom is 0.269 e. The van der Waals surface area contributed by atoms with E-state index in [-0.39, 0.29) is 18.2 Å². The fraction of sp³-hybridized carbons (Fsp3) is 0.278. The number of nitro benzene ring substituents is 1. The Morgan fingerprint density at radius 1 is 1.08 bits per heavy atom. The number of carbonyl (C=O) groups is 1. The van der Waals surface area contributed by atoms with Gasteiger partial charge in [-0.1, -0.05) is 12.1 Å². The van der Waals surface area contributed by atoms with Crippen molar-refractivity contribution in [3.05, 3.63) is 58.6 Å². The third-order valence-electron chi connectivity index (χ3n) is 3.59. The van der Waals surface area contributed by atoms with E-state index < -0.39 is 4.92 Å². The summed E-state index contributed by atoms with van der Waals surface area (Å²) in [4.78, 5) is 23.7. The van der Waals surface area contributed by atoms with Crippen molar-refractivity contribution in [2.24, 2.45) is 0 Å². The van der Waals surface area contributed by atoms with Gasteiger partial charge in [0.2, 0.25) is 0 Å². The van der Waals surface area contributed by atoms with Crippen molar-refractivity contribution < 1.29 is 23.9 Å². The number of methoxy groups -OCH3 is 1. The zero-order valence-electron chi connectivity index (χ0n) is 14.6. The van der Waals surface area contributed by atoms with E-state index in [1.165, 1.54) is 29.2 Å². The summed E-state index contributed by atoms with van der Waals surface area (Å²) in [6.45, 7) is 0.517. The molecule has 138 valence electrons. The molecule has 0 fully saturated rings. The highest BCUT2D eigenvalue weighted by molar-refractivity contribution is 5.77. The molecule has 0 unspecified atom stereocenters. The molecule has 0 saturated heterocycles. The number of ether oxygens (including phenoxy) is 3. The summed E-state index contributed by atoms with van der Waals surface area (Å²) in [6.07, 6.45) is 0. The highest BCUT2D eigenvalue weighted by Crippen LogP contribution is 2.25. The SMILES string of the molecule is COc1ccccc1OCCN(C)C(=O)COc1ccc([N+](=O)[O-])cc1. The van der Waals surface area contributed by atoms with Crippen molar-refractivity contribution in [2.75, 3.05) is 33.9 Å². The van der Waals surface area contributed by atoms with Gasteiger partial charge in [-0.3, -0.25) is 14.9 Å². The first kappa shape index (κ1) is 19.0. The lowest BCUT2D eigenvalue weighted by molar-refractivity contribution is -0.384. The van der Waals surface area contributed by atoms with Gasteiger partial charge in [-0.15, -0.1) is 0 Å². The van der Waals surface area contributed by atoms with E-state index >= 15 is 0 Å². The van der Waals surface area contributed by atoms with Crippen LogP contribution in [0.5, 0.6) is 17.2 Å². The summed E-state index contributed by atoms with van der Waals surface area (Å²) in [5, 5.41) is 10.6. The zero-order valence-corrected chi connectivity index (χ0v) is 14.6. The molecule has 0 spiro atoms. The van der Waals surface area contributed by atoms with Crippen LogP contribution in [0.2, 0.25) is 0 Å². The quantitative estimate of drug-likeness (QED) is 0.504. The van der Waals surface area contributed by atoms with Crippen LogP contribution in [0.1, 0.15) is 0 Å². The average molecular weight is 360 g/mol. The number of likely N-dealkylation sites (N-methyl/N-ethyl adjacent to an activating group) is 1. The van der Waals surface area contributed by atoms with Gasteiger partial charge in [-0.25, -0.2) is 0 Å². The Balaban J connectivity index is 1.76. The van der Waals surface area contributed by atoms with Crippen molar-refractivity contribution in [1.82, 2.24) is 4.90 Å². The van der Waals surface area contributed by atoms with Crippen LogP contribution in [-0.4, -0.2) is 49.6 Å². The van der Waals surface area contributed by atoms with Gasteiger partial charge < -0.3 is 19.1 Å². The van der Waals surface area contributed by atoms with E-state index in [4.69, 9.17) is 14.2 Å². The Morgan fingerprint density at radius 2 is 1.73 bits per heavy atom. The number of nitrogens with zero attached hydrogens (tertiary/aromatic N) is 2. The van der Waals surface area contributed by atoms with E-state index in [9.17, 15) is 14.9 Å². The molecule has 8 heteroatoms. The van der Waals surface area contributed by atoms with Gasteiger partial charge >= 0.3 is 0 Å². The lowest BCUT2D eigenvalue weighted by atomic mass is 10.3. The first-order chi connectivity index (χ1) is 12.5. The fourth-order valence-electron chi connectivity index (χ4n) is 2.07. The van der Waals surface area contributed by atoms with E-state index in [1.54, 1.807) is 26.3 Å². The lowest BCUT2D eigenvalue weighted by Crippen LogP contribution is -2.34. The van der Waals surface area contributed by atoms with Crippen molar-refractivity contribution in [3.63, 3.8) is 0 Å². The fourth-order valence-corrected chi connectivity index (χ4v) is 2.07. The highest BCUT2D eigenvalue weighted by atomic mass is 16.6. The predicted molar refractivity (Wildman–Crippen MR) is 94.7 cm³/mol. The molecular weight excluding hydrogens is 340 g/mol. The summed E-state index contributed by atoms with van der Waals surface area (Å²) in [7, 11) is 3.21. The van der Waals surface area contributed by atoms with Gasteiger partial charge in [0.15, 0.2) is 18.1 Å². The minimum atomic E-state index is -0.496. The van der Waals surface area contributed by atoms with Crippen LogP contribution < -0.4 is 14.2 Å². The zero-order chi connectivity index (χ0) is 18.9. The minimum Gasteiger partial charge on any atom is -0.493 e. The summed E-state index contributed by atoms with van der Waals surface area (Å²) in [5.41, 5.74) is -0.0331. The molecule has 0 bridgehead atoms. The van der Waals surface area contributed by atoms with Crippen molar-refractivity contribution in [2.45, 2.75) is 0 Å². The van der Waals surface area contributed by atoms with E-state index in [2.05, 4.69) is 0 Å². The molecule has 2 aromatic carbocycles. The molecule has 2 rings (SSSR count). The number of amides is 1. The number of para-hydroxylation sites is 2. The second kappa shape index (κ2) is 9.26. The second-order valence-electron chi connectivity index (χ2n) is 5.35. The maximum atomic E-state index is 12.1. The average Bonchev–Trinajstić information content (AvgIpc) is 2.66. The van der Waals surface area contributed by atoms with Crippen LogP contribution in [-0.2, 0) is 4.79 Å². The summed E-state index contributed by atoms with van der Waals surface area (Å²) in [6, 6.07) is 12.8. The monoisotopic (exact) mass is 360 g/mol. The van der Waals surface area contributed by atoms with Crippen molar-refractivity contribution in [3.8, 4) is 17.2 Å². The number of carbonyl (C=O) groups excluding carboxylic acids is 1. The minimum absolute atomic E-state index is 0.0331. The number of nitro groups is 1. The Labute approximate surface area is 151 Å². The topological polar surface area (TPSA) is 91.1 Å². The van der Waals surface area contributed by atoms with E-state index in [0.717, 1.165) is 0 Å². The van der Waals surface area contributed by atoms with Gasteiger partial charge in [0.05, 0.1) is 18.6 Å². The maximum absolute atomic E-state index is 12.1. The second-order valence-corrected chi connectivity index (χ2v) is 5.35. The molecule has 0 aliphatic carbocycles. The van der Waals surface area contributed by atoms with E-state index in [1.807, 2.05) is 12.1 Å². The number of non-ortho nitro benzene ring substituents is 1. The Hall–Kier alpha value is -3.29. The Morgan fingerprint density at radius 3 is 2.35 bits per heavy atom. The summed E-state index contributed by atoms with van der Waals surface area (Å²) >= 11 is 0. The van der Waals surface area contributed by atoms with Crippen LogP contribution in [0.4, 0.5) is 5.69 Å². The summed E-state index contributed by atoms with van der Waals surface area (Å²) < 4.78 is 16.2. The number of rotatable bonds is 9. The molecule has 1 amide bonds. The molecule has 0 N–H and O–H groups in total. The molecule has 0 heterocycles. The van der Waals surface area contributed by atoms with Crippen LogP contribution in [0.3, 0.4) is 0 Å². The third-order valence-corrected chi connectivity index (χ3v) is 3.59. The number of benzene rings is 2. The molecule has 2 aromatic rings. The van der Waals surface area contributed by atoms with Crippen LogP contribution in [0, 0.1) is 10.1 Å². The number of hydrogen-bond donors (Lipinski definition) is 0. The lowest BCUT2D eigenvalue weighted by Gasteiger charge is -2.18. The largest absolute Gasteiger partial charge is 0.493 e. The van der Waals surface area contributed by atoms with Crippen LogP contribution >= 0.6 is 0 Å². The van der Waals surface area contributed by atoms with E-state index in [0.29, 0.717) is 30.4 Å². The molecule has 0 saturated carbocycles. The Bertz CT molecular complexity index is 748. The predicted octanol–water partition coefficient (Wildman–Crippen LogP) is 2.52. The van der Waals surface area contributed by atoms with Gasteiger partial charge in [0, 0.05) is 19.2 Å². The third kappa shape index (κ3) is 5.37. The molecule has 0 aliphatic rings. The number of hydrogen-bond acceptors (Lipinski definition) is 6. The standard InChI is InChI=1S/C18H20N2O6/c1-19(11-12-25-17-6-4-3-5-16(17)24-2)18(21)13-26-15-9-7-14(8-10-15)20(22)23/h3-10H,11-13H2,1-2H3.